The van der Waals surface area contributed by atoms with E-state index in [0.29, 0.717) is 49.1 Å². The average molecular weight is 367 g/mol. The van der Waals surface area contributed by atoms with E-state index in [0.717, 1.165) is 12.8 Å². The second-order valence-corrected chi connectivity index (χ2v) is 6.62. The lowest BCUT2D eigenvalue weighted by Gasteiger charge is -2.36. The lowest BCUT2D eigenvalue weighted by Crippen LogP contribution is -2.51. The minimum Gasteiger partial charge on any atom is -0.492 e. The number of rotatable bonds is 6. The first-order valence-electron chi connectivity index (χ1n) is 9.02. The smallest absolute Gasteiger partial charge is 0.254 e. The van der Waals surface area contributed by atoms with E-state index in [1.54, 1.807) is 23.1 Å². The Morgan fingerprint density at radius 1 is 1.08 bits per heavy atom. The Morgan fingerprint density at radius 3 is 2.20 bits per heavy atom. The maximum atomic E-state index is 12.7. The van der Waals surface area contributed by atoms with E-state index in [1.807, 2.05) is 25.7 Å². The molecule has 1 fully saturated rings. The molecule has 1 aliphatic rings. The van der Waals surface area contributed by atoms with Crippen molar-refractivity contribution < 1.29 is 14.3 Å². The number of hydrogen-bond acceptors (Lipinski definition) is 3. The van der Waals surface area contributed by atoms with Crippen molar-refractivity contribution in [1.82, 2.24) is 9.80 Å². The number of carbonyl (C=O) groups is 2. The van der Waals surface area contributed by atoms with Crippen molar-refractivity contribution in [2.45, 2.75) is 33.6 Å². The number of nitrogens with zero attached hydrogens (tertiary/aromatic N) is 2. The Hall–Kier alpha value is -1.75. The molecule has 2 amide bonds. The second-order valence-electron chi connectivity index (χ2n) is 6.21. The van der Waals surface area contributed by atoms with Crippen molar-refractivity contribution in [2.24, 2.45) is 5.92 Å². The van der Waals surface area contributed by atoms with Crippen LogP contribution >= 0.6 is 11.6 Å². The Balaban J connectivity index is 1.97. The van der Waals surface area contributed by atoms with E-state index in [1.165, 1.54) is 0 Å². The van der Waals surface area contributed by atoms with Gasteiger partial charge in [-0.1, -0.05) is 25.4 Å². The zero-order valence-electron chi connectivity index (χ0n) is 15.3. The van der Waals surface area contributed by atoms with E-state index in [4.69, 9.17) is 16.3 Å². The topological polar surface area (TPSA) is 49.9 Å². The fourth-order valence-corrected chi connectivity index (χ4v) is 3.35. The maximum Gasteiger partial charge on any atom is 0.254 e. The summed E-state index contributed by atoms with van der Waals surface area (Å²) >= 11 is 6.17. The lowest BCUT2D eigenvalue weighted by molar-refractivity contribution is -0.137. The van der Waals surface area contributed by atoms with Crippen LogP contribution in [0.25, 0.3) is 0 Å². The number of benzene rings is 1. The molecule has 1 heterocycles. The van der Waals surface area contributed by atoms with Crippen LogP contribution in [0, 0.1) is 5.92 Å². The molecule has 0 atom stereocenters. The maximum absolute atomic E-state index is 12.7. The van der Waals surface area contributed by atoms with E-state index < -0.39 is 0 Å². The fourth-order valence-electron chi connectivity index (χ4n) is 3.12. The van der Waals surface area contributed by atoms with Crippen LogP contribution in [-0.2, 0) is 4.79 Å². The predicted octanol–water partition coefficient (Wildman–Crippen LogP) is 3.46. The van der Waals surface area contributed by atoms with E-state index in [2.05, 4.69) is 0 Å². The van der Waals surface area contributed by atoms with Gasteiger partial charge >= 0.3 is 0 Å². The van der Waals surface area contributed by atoms with Crippen molar-refractivity contribution in [3.05, 3.63) is 28.8 Å². The van der Waals surface area contributed by atoms with Crippen molar-refractivity contribution in [1.29, 1.82) is 0 Å². The number of amides is 2. The van der Waals surface area contributed by atoms with Crippen LogP contribution in [0.3, 0.4) is 0 Å². The Morgan fingerprint density at radius 2 is 1.68 bits per heavy atom. The van der Waals surface area contributed by atoms with Crippen molar-refractivity contribution in [2.75, 3.05) is 32.8 Å². The third-order valence-electron chi connectivity index (χ3n) is 4.69. The van der Waals surface area contributed by atoms with Crippen LogP contribution in [0.15, 0.2) is 18.2 Å². The van der Waals surface area contributed by atoms with Crippen LogP contribution in [0.2, 0.25) is 5.02 Å². The van der Waals surface area contributed by atoms with Gasteiger partial charge in [-0.15, -0.1) is 0 Å². The molecule has 6 heteroatoms. The summed E-state index contributed by atoms with van der Waals surface area (Å²) in [7, 11) is 0. The average Bonchev–Trinajstić information content (AvgIpc) is 2.64. The van der Waals surface area contributed by atoms with Crippen molar-refractivity contribution >= 4 is 23.4 Å². The molecule has 0 bridgehead atoms. The van der Waals surface area contributed by atoms with E-state index in [-0.39, 0.29) is 17.7 Å². The number of ether oxygens (including phenoxy) is 1. The first kappa shape index (κ1) is 19.6. The molecular formula is C19H27ClN2O3. The minimum atomic E-state index is -0.0559. The van der Waals surface area contributed by atoms with Gasteiger partial charge in [-0.05, 0) is 38.0 Å². The quantitative estimate of drug-likeness (QED) is 0.774. The SMILES string of the molecule is CCOc1ccc(C(=O)N2CCN(C(=O)C(CC)CC)CC2)cc1Cl. The summed E-state index contributed by atoms with van der Waals surface area (Å²) in [6.45, 7) is 8.78. The molecule has 5 nitrogen and oxygen atoms in total. The van der Waals surface area contributed by atoms with E-state index >= 15 is 0 Å². The van der Waals surface area contributed by atoms with Gasteiger partial charge in [0.1, 0.15) is 5.75 Å². The van der Waals surface area contributed by atoms with Gasteiger partial charge in [0.05, 0.1) is 11.6 Å². The first-order valence-corrected chi connectivity index (χ1v) is 9.39. The number of carbonyl (C=O) groups excluding carboxylic acids is 2. The van der Waals surface area contributed by atoms with Gasteiger partial charge in [-0.2, -0.15) is 0 Å². The van der Waals surface area contributed by atoms with Gasteiger partial charge in [0.25, 0.3) is 5.91 Å². The molecule has 1 aromatic rings. The molecule has 25 heavy (non-hydrogen) atoms. The summed E-state index contributed by atoms with van der Waals surface area (Å²) in [4.78, 5) is 28.8. The van der Waals surface area contributed by atoms with Crippen molar-refractivity contribution in [3.63, 3.8) is 0 Å². The zero-order chi connectivity index (χ0) is 18.4. The normalized spacial score (nSPS) is 14.8. The molecule has 0 aliphatic carbocycles. The van der Waals surface area contributed by atoms with Gasteiger partial charge in [0.2, 0.25) is 5.91 Å². The molecule has 1 aromatic carbocycles. The first-order chi connectivity index (χ1) is 12.0. The molecule has 2 rings (SSSR count). The summed E-state index contributed by atoms with van der Waals surface area (Å²) in [6, 6.07) is 5.11. The van der Waals surface area contributed by atoms with Crippen LogP contribution in [0.4, 0.5) is 0 Å². The highest BCUT2D eigenvalue weighted by Crippen LogP contribution is 2.26. The van der Waals surface area contributed by atoms with Crippen LogP contribution in [0.1, 0.15) is 44.0 Å². The highest BCUT2D eigenvalue weighted by molar-refractivity contribution is 6.32. The van der Waals surface area contributed by atoms with Crippen molar-refractivity contribution in [3.8, 4) is 5.75 Å². The molecule has 0 N–H and O–H groups in total. The molecule has 1 aliphatic heterocycles. The molecule has 0 unspecified atom stereocenters. The molecule has 1 saturated heterocycles. The molecular weight excluding hydrogens is 340 g/mol. The largest absolute Gasteiger partial charge is 0.492 e. The minimum absolute atomic E-state index is 0.0559. The third kappa shape index (κ3) is 4.66. The van der Waals surface area contributed by atoms with Gasteiger partial charge in [-0.25, -0.2) is 0 Å². The van der Waals surface area contributed by atoms with Crippen LogP contribution in [0.5, 0.6) is 5.75 Å². The fraction of sp³-hybridized carbons (Fsp3) is 0.579. The Kier molecular flexibility index (Phi) is 7.12. The number of halogens is 1. The molecule has 0 spiro atoms. The number of piperazine rings is 1. The Bertz CT molecular complexity index is 609. The number of hydrogen-bond donors (Lipinski definition) is 0. The summed E-state index contributed by atoms with van der Waals surface area (Å²) < 4.78 is 5.40. The summed E-state index contributed by atoms with van der Waals surface area (Å²) in [5.74, 6) is 0.828. The molecule has 0 saturated carbocycles. The van der Waals surface area contributed by atoms with Gasteiger partial charge < -0.3 is 14.5 Å². The summed E-state index contributed by atoms with van der Waals surface area (Å²) in [5.41, 5.74) is 0.549. The molecule has 0 aromatic heterocycles. The molecule has 0 radical (unpaired) electrons. The monoisotopic (exact) mass is 366 g/mol. The van der Waals surface area contributed by atoms with Crippen LogP contribution < -0.4 is 4.74 Å². The van der Waals surface area contributed by atoms with Gasteiger partial charge in [-0.3, -0.25) is 9.59 Å². The van der Waals surface area contributed by atoms with Gasteiger partial charge in [0.15, 0.2) is 0 Å². The standard InChI is InChI=1S/C19H27ClN2O3/c1-4-14(5-2)18(23)21-9-11-22(12-10-21)19(24)15-7-8-17(25-6-3)16(20)13-15/h7-8,13-14H,4-6,9-12H2,1-3H3. The highest BCUT2D eigenvalue weighted by atomic mass is 35.5. The van der Waals surface area contributed by atoms with E-state index in [9.17, 15) is 9.59 Å². The summed E-state index contributed by atoms with van der Waals surface area (Å²) in [5, 5.41) is 0.440. The lowest BCUT2D eigenvalue weighted by atomic mass is 10.0. The van der Waals surface area contributed by atoms with Gasteiger partial charge in [0, 0.05) is 37.7 Å². The third-order valence-corrected chi connectivity index (χ3v) is 4.99. The zero-order valence-corrected chi connectivity index (χ0v) is 16.0. The second kappa shape index (κ2) is 9.09. The highest BCUT2D eigenvalue weighted by Gasteiger charge is 2.27. The summed E-state index contributed by atoms with van der Waals surface area (Å²) in [6.07, 6.45) is 1.72. The van der Waals surface area contributed by atoms with Crippen LogP contribution in [-0.4, -0.2) is 54.4 Å². The molecule has 138 valence electrons. The Labute approximate surface area is 154 Å². The predicted molar refractivity (Wildman–Crippen MR) is 99.2 cm³/mol.